The lowest BCUT2D eigenvalue weighted by molar-refractivity contribution is -0.120. The average molecular weight is 329 g/mol. The van der Waals surface area contributed by atoms with Crippen LogP contribution in [0.3, 0.4) is 0 Å². The molecule has 2 N–H and O–H groups in total. The Hall–Kier alpha value is -2.47. The third-order valence-electron chi connectivity index (χ3n) is 2.92. The van der Waals surface area contributed by atoms with Crippen molar-refractivity contribution in [3.63, 3.8) is 0 Å². The fourth-order valence-electron chi connectivity index (χ4n) is 1.82. The minimum Gasteiger partial charge on any atom is -0.356 e. The van der Waals surface area contributed by atoms with Gasteiger partial charge in [-0.15, -0.1) is 11.3 Å². The highest BCUT2D eigenvalue weighted by atomic mass is 32.1. The van der Waals surface area contributed by atoms with Crippen molar-refractivity contribution in [1.82, 2.24) is 10.3 Å². The third-order valence-corrected chi connectivity index (χ3v) is 3.73. The van der Waals surface area contributed by atoms with Crippen molar-refractivity contribution >= 4 is 34.4 Å². The molecule has 1 aromatic carbocycles. The van der Waals surface area contributed by atoms with Gasteiger partial charge in [0.15, 0.2) is 5.13 Å². The van der Waals surface area contributed by atoms with Crippen molar-refractivity contribution in [2.75, 3.05) is 11.9 Å². The molecule has 0 radical (unpaired) electrons. The van der Waals surface area contributed by atoms with Crippen LogP contribution >= 0.6 is 11.3 Å². The molecule has 0 spiro atoms. The average Bonchev–Trinajstić information content (AvgIpc) is 2.98. The van der Waals surface area contributed by atoms with Crippen LogP contribution in [0.15, 0.2) is 41.8 Å². The van der Waals surface area contributed by atoms with Crippen LogP contribution in [0.25, 0.3) is 6.08 Å². The van der Waals surface area contributed by atoms with E-state index in [4.69, 9.17) is 0 Å². The van der Waals surface area contributed by atoms with Gasteiger partial charge in [0.05, 0.1) is 12.1 Å². The molecule has 23 heavy (non-hydrogen) atoms. The topological polar surface area (TPSA) is 71.1 Å². The smallest absolute Gasteiger partial charge is 0.250 e. The number of rotatable bonds is 7. The predicted molar refractivity (Wildman–Crippen MR) is 93.2 cm³/mol. The minimum absolute atomic E-state index is 0.0565. The Bertz CT molecular complexity index is 680. The lowest BCUT2D eigenvalue weighted by Crippen LogP contribution is -2.25. The van der Waals surface area contributed by atoms with Crippen LogP contribution in [-0.2, 0) is 16.0 Å². The Kier molecular flexibility index (Phi) is 6.50. The van der Waals surface area contributed by atoms with Crippen molar-refractivity contribution in [3.05, 3.63) is 53.0 Å². The van der Waals surface area contributed by atoms with E-state index in [0.717, 1.165) is 12.0 Å². The van der Waals surface area contributed by atoms with Crippen molar-refractivity contribution in [2.24, 2.45) is 0 Å². The first-order chi connectivity index (χ1) is 11.2. The first-order valence-electron chi connectivity index (χ1n) is 7.42. The number of amides is 2. The molecule has 0 saturated heterocycles. The Balaban J connectivity index is 1.85. The molecule has 0 saturated carbocycles. The number of nitrogens with zero attached hydrogens (tertiary/aromatic N) is 1. The summed E-state index contributed by atoms with van der Waals surface area (Å²) in [6.45, 7) is 2.66. The molecule has 0 fully saturated rings. The largest absolute Gasteiger partial charge is 0.356 e. The van der Waals surface area contributed by atoms with Crippen molar-refractivity contribution in [2.45, 2.75) is 19.8 Å². The normalized spacial score (nSPS) is 10.7. The van der Waals surface area contributed by atoms with Gasteiger partial charge in [-0.1, -0.05) is 37.3 Å². The van der Waals surface area contributed by atoms with E-state index in [1.165, 1.54) is 17.4 Å². The van der Waals surface area contributed by atoms with Gasteiger partial charge in [-0.3, -0.25) is 14.9 Å². The summed E-state index contributed by atoms with van der Waals surface area (Å²) < 4.78 is 0. The van der Waals surface area contributed by atoms with Crippen molar-refractivity contribution in [1.29, 1.82) is 0 Å². The van der Waals surface area contributed by atoms with E-state index in [0.29, 0.717) is 17.4 Å². The highest BCUT2D eigenvalue weighted by Gasteiger charge is 2.08. The molecule has 5 nitrogen and oxygen atoms in total. The summed E-state index contributed by atoms with van der Waals surface area (Å²) in [6.07, 6.45) is 4.33. The van der Waals surface area contributed by atoms with Crippen LogP contribution in [0, 0.1) is 0 Å². The van der Waals surface area contributed by atoms with E-state index in [2.05, 4.69) is 15.6 Å². The fourth-order valence-corrected chi connectivity index (χ4v) is 2.53. The molecule has 2 rings (SSSR count). The highest BCUT2D eigenvalue weighted by molar-refractivity contribution is 7.14. The van der Waals surface area contributed by atoms with Gasteiger partial charge in [-0.05, 0) is 18.1 Å². The maximum Gasteiger partial charge on any atom is 0.250 e. The Morgan fingerprint density at radius 3 is 2.78 bits per heavy atom. The van der Waals surface area contributed by atoms with E-state index in [1.807, 2.05) is 37.3 Å². The summed E-state index contributed by atoms with van der Waals surface area (Å²) in [5, 5.41) is 7.77. The van der Waals surface area contributed by atoms with Gasteiger partial charge < -0.3 is 5.32 Å². The third kappa shape index (κ3) is 6.04. The highest BCUT2D eigenvalue weighted by Crippen LogP contribution is 2.16. The first-order valence-corrected chi connectivity index (χ1v) is 8.30. The van der Waals surface area contributed by atoms with Gasteiger partial charge in [0.2, 0.25) is 11.8 Å². The molecule has 1 aromatic heterocycles. The minimum atomic E-state index is -0.245. The fraction of sp³-hybridized carbons (Fsp3) is 0.235. The molecule has 0 unspecified atom stereocenters. The van der Waals surface area contributed by atoms with E-state index in [-0.39, 0.29) is 18.2 Å². The second-order valence-electron chi connectivity index (χ2n) is 4.90. The van der Waals surface area contributed by atoms with Crippen LogP contribution in [0.1, 0.15) is 24.6 Å². The Labute approximate surface area is 139 Å². The van der Waals surface area contributed by atoms with Crippen LogP contribution in [-0.4, -0.2) is 23.3 Å². The van der Waals surface area contributed by atoms with E-state index in [9.17, 15) is 9.59 Å². The number of hydrogen-bond donors (Lipinski definition) is 2. The SMILES string of the molecule is CCCNC(=O)Cc1csc(NC(=O)/C=C/c2ccccc2)n1. The van der Waals surface area contributed by atoms with Crippen molar-refractivity contribution in [3.8, 4) is 0 Å². The lowest BCUT2D eigenvalue weighted by Gasteiger charge is -2.00. The Morgan fingerprint density at radius 2 is 2.04 bits per heavy atom. The van der Waals surface area contributed by atoms with Gasteiger partial charge >= 0.3 is 0 Å². The molecule has 0 aliphatic heterocycles. The molecule has 0 aliphatic rings. The number of nitrogens with one attached hydrogen (secondary N) is 2. The number of benzene rings is 1. The molecule has 0 atom stereocenters. The maximum absolute atomic E-state index is 11.8. The second kappa shape index (κ2) is 8.85. The lowest BCUT2D eigenvalue weighted by atomic mass is 10.2. The number of anilines is 1. The molecule has 0 bridgehead atoms. The standard InChI is InChI=1S/C17H19N3O2S/c1-2-10-18-16(22)11-14-12-23-17(19-14)20-15(21)9-8-13-6-4-3-5-7-13/h3-9,12H,2,10-11H2,1H3,(H,18,22)(H,19,20,21)/b9-8+. The second-order valence-corrected chi connectivity index (χ2v) is 5.76. The molecule has 2 amide bonds. The zero-order valence-electron chi connectivity index (χ0n) is 12.9. The van der Waals surface area contributed by atoms with Crippen LogP contribution in [0.2, 0.25) is 0 Å². The molecular weight excluding hydrogens is 310 g/mol. The Morgan fingerprint density at radius 1 is 1.26 bits per heavy atom. The number of hydrogen-bond acceptors (Lipinski definition) is 4. The van der Waals surface area contributed by atoms with Gasteiger partial charge in [0.25, 0.3) is 0 Å². The zero-order valence-corrected chi connectivity index (χ0v) is 13.7. The van der Waals surface area contributed by atoms with Gasteiger partial charge in [0, 0.05) is 18.0 Å². The summed E-state index contributed by atoms with van der Waals surface area (Å²) in [5.74, 6) is -0.302. The van der Waals surface area contributed by atoms with E-state index in [1.54, 1.807) is 11.5 Å². The summed E-state index contributed by atoms with van der Waals surface area (Å²) in [6, 6.07) is 9.58. The first kappa shape index (κ1) is 16.9. The molecule has 1 heterocycles. The van der Waals surface area contributed by atoms with Crippen LogP contribution in [0.4, 0.5) is 5.13 Å². The monoisotopic (exact) mass is 329 g/mol. The van der Waals surface area contributed by atoms with Gasteiger partial charge in [-0.25, -0.2) is 4.98 Å². The molecule has 0 aliphatic carbocycles. The maximum atomic E-state index is 11.8. The van der Waals surface area contributed by atoms with Crippen LogP contribution in [0.5, 0.6) is 0 Å². The number of thiazole rings is 1. The summed E-state index contributed by atoms with van der Waals surface area (Å²) in [4.78, 5) is 27.7. The predicted octanol–water partition coefficient (Wildman–Crippen LogP) is 2.86. The molecule has 6 heteroatoms. The molecule has 120 valence electrons. The zero-order chi connectivity index (χ0) is 16.5. The van der Waals surface area contributed by atoms with Gasteiger partial charge in [-0.2, -0.15) is 0 Å². The van der Waals surface area contributed by atoms with Gasteiger partial charge in [0.1, 0.15) is 0 Å². The van der Waals surface area contributed by atoms with E-state index >= 15 is 0 Å². The van der Waals surface area contributed by atoms with E-state index < -0.39 is 0 Å². The summed E-state index contributed by atoms with van der Waals surface area (Å²) in [7, 11) is 0. The quantitative estimate of drug-likeness (QED) is 0.767. The summed E-state index contributed by atoms with van der Waals surface area (Å²) in [5.41, 5.74) is 1.61. The van der Waals surface area contributed by atoms with Crippen LogP contribution < -0.4 is 10.6 Å². The van der Waals surface area contributed by atoms with Crippen molar-refractivity contribution < 1.29 is 9.59 Å². The number of carbonyl (C=O) groups excluding carboxylic acids is 2. The number of aromatic nitrogens is 1. The molecule has 2 aromatic rings. The molecular formula is C17H19N3O2S. The number of carbonyl (C=O) groups is 2. The summed E-state index contributed by atoms with van der Waals surface area (Å²) >= 11 is 1.31.